The van der Waals surface area contributed by atoms with E-state index in [4.69, 9.17) is 0 Å². The molecule has 1 aromatic carbocycles. The van der Waals surface area contributed by atoms with Gasteiger partial charge in [0.15, 0.2) is 0 Å². The minimum atomic E-state index is 0.462. The van der Waals surface area contributed by atoms with E-state index in [0.29, 0.717) is 6.04 Å². The summed E-state index contributed by atoms with van der Waals surface area (Å²) in [6, 6.07) is 13.0. The highest BCUT2D eigenvalue weighted by Gasteiger charge is 2.00. The molecule has 0 radical (unpaired) electrons. The molecular weight excluding hydrogens is 184 g/mol. The summed E-state index contributed by atoms with van der Waals surface area (Å²) in [7, 11) is 0. The van der Waals surface area contributed by atoms with Crippen LogP contribution in [-0.2, 0) is 0 Å². The van der Waals surface area contributed by atoms with Crippen molar-refractivity contribution in [3.63, 3.8) is 0 Å². The summed E-state index contributed by atoms with van der Waals surface area (Å²) in [6.45, 7) is 4.28. The highest BCUT2D eigenvalue weighted by atomic mass is 14.9. The Bertz CT molecular complexity index is 416. The van der Waals surface area contributed by atoms with Crippen molar-refractivity contribution in [1.29, 1.82) is 0 Å². The van der Waals surface area contributed by atoms with Gasteiger partial charge in [-0.1, -0.05) is 12.1 Å². The summed E-state index contributed by atoms with van der Waals surface area (Å²) >= 11 is 0. The van der Waals surface area contributed by atoms with E-state index in [1.807, 2.05) is 12.3 Å². The predicted octanol–water partition coefficient (Wildman–Crippen LogP) is 3.50. The average Bonchev–Trinajstić information content (AvgIpc) is 2.69. The van der Waals surface area contributed by atoms with Crippen molar-refractivity contribution in [3.8, 4) is 11.3 Å². The monoisotopic (exact) mass is 200 g/mol. The van der Waals surface area contributed by atoms with Gasteiger partial charge in [-0.05, 0) is 43.7 Å². The molecule has 0 saturated heterocycles. The van der Waals surface area contributed by atoms with Crippen LogP contribution in [0.1, 0.15) is 13.8 Å². The molecule has 0 bridgehead atoms. The third-order valence-electron chi connectivity index (χ3n) is 2.23. The molecule has 78 valence electrons. The van der Waals surface area contributed by atoms with E-state index >= 15 is 0 Å². The van der Waals surface area contributed by atoms with Gasteiger partial charge in [-0.2, -0.15) is 0 Å². The second kappa shape index (κ2) is 4.22. The van der Waals surface area contributed by atoms with Gasteiger partial charge in [-0.3, -0.25) is 0 Å². The first-order chi connectivity index (χ1) is 7.25. The number of hydrogen-bond acceptors (Lipinski definition) is 1. The lowest BCUT2D eigenvalue weighted by atomic mass is 10.1. The Hall–Kier alpha value is -1.70. The van der Waals surface area contributed by atoms with Gasteiger partial charge in [0.05, 0.1) is 0 Å². The summed E-state index contributed by atoms with van der Waals surface area (Å²) in [5.41, 5.74) is 3.53. The van der Waals surface area contributed by atoms with Crippen LogP contribution in [0.5, 0.6) is 0 Å². The second-order valence-corrected chi connectivity index (χ2v) is 3.96. The van der Waals surface area contributed by atoms with Crippen LogP contribution in [0.15, 0.2) is 42.6 Å². The molecule has 2 rings (SSSR count). The predicted molar refractivity (Wildman–Crippen MR) is 65.0 cm³/mol. The van der Waals surface area contributed by atoms with Crippen LogP contribution in [0.3, 0.4) is 0 Å². The quantitative estimate of drug-likeness (QED) is 0.779. The van der Waals surface area contributed by atoms with Gasteiger partial charge >= 0.3 is 0 Å². The van der Waals surface area contributed by atoms with Gasteiger partial charge in [-0.25, -0.2) is 0 Å². The average molecular weight is 200 g/mol. The molecule has 1 aromatic heterocycles. The number of anilines is 1. The highest BCUT2D eigenvalue weighted by Crippen LogP contribution is 2.21. The molecule has 15 heavy (non-hydrogen) atoms. The fourth-order valence-electron chi connectivity index (χ4n) is 1.62. The standard InChI is InChI=1S/C13H16N2/c1-10(2)15-12-6-3-5-11(9-12)13-7-4-8-14-13/h3-10,14-15H,1-2H3. The first-order valence-electron chi connectivity index (χ1n) is 5.26. The number of benzene rings is 1. The molecule has 0 amide bonds. The molecule has 2 aromatic rings. The molecule has 1 heterocycles. The highest BCUT2D eigenvalue weighted by molar-refractivity contribution is 5.65. The van der Waals surface area contributed by atoms with Gasteiger partial charge in [0.25, 0.3) is 0 Å². The lowest BCUT2D eigenvalue weighted by molar-refractivity contribution is 0.900. The van der Waals surface area contributed by atoms with Crippen molar-refractivity contribution in [2.24, 2.45) is 0 Å². The van der Waals surface area contributed by atoms with Crippen LogP contribution in [0, 0.1) is 0 Å². The van der Waals surface area contributed by atoms with Crippen LogP contribution in [-0.4, -0.2) is 11.0 Å². The zero-order chi connectivity index (χ0) is 10.7. The van der Waals surface area contributed by atoms with Crippen molar-refractivity contribution < 1.29 is 0 Å². The van der Waals surface area contributed by atoms with Crippen molar-refractivity contribution in [2.75, 3.05) is 5.32 Å². The zero-order valence-corrected chi connectivity index (χ0v) is 9.12. The summed E-state index contributed by atoms with van der Waals surface area (Å²) < 4.78 is 0. The summed E-state index contributed by atoms with van der Waals surface area (Å²) in [4.78, 5) is 3.21. The van der Waals surface area contributed by atoms with Crippen molar-refractivity contribution in [3.05, 3.63) is 42.6 Å². The van der Waals surface area contributed by atoms with Crippen molar-refractivity contribution >= 4 is 5.69 Å². The van der Waals surface area contributed by atoms with Crippen LogP contribution in [0.2, 0.25) is 0 Å². The largest absolute Gasteiger partial charge is 0.383 e. The fraction of sp³-hybridized carbons (Fsp3) is 0.231. The number of hydrogen-bond donors (Lipinski definition) is 2. The van der Waals surface area contributed by atoms with E-state index in [-0.39, 0.29) is 0 Å². The Labute approximate surface area is 90.3 Å². The van der Waals surface area contributed by atoms with E-state index in [1.165, 1.54) is 5.56 Å². The molecule has 0 spiro atoms. The van der Waals surface area contributed by atoms with Crippen LogP contribution < -0.4 is 5.32 Å². The zero-order valence-electron chi connectivity index (χ0n) is 9.12. The molecule has 0 fully saturated rings. The molecular formula is C13H16N2. The van der Waals surface area contributed by atoms with Crippen LogP contribution in [0.25, 0.3) is 11.3 Å². The van der Waals surface area contributed by atoms with Gasteiger partial charge in [-0.15, -0.1) is 0 Å². The lowest BCUT2D eigenvalue weighted by Gasteiger charge is -2.10. The van der Waals surface area contributed by atoms with Gasteiger partial charge < -0.3 is 10.3 Å². The maximum absolute atomic E-state index is 3.39. The second-order valence-electron chi connectivity index (χ2n) is 3.96. The maximum atomic E-state index is 3.39. The Kier molecular flexibility index (Phi) is 2.77. The van der Waals surface area contributed by atoms with Crippen molar-refractivity contribution in [1.82, 2.24) is 4.98 Å². The third kappa shape index (κ3) is 2.40. The number of nitrogens with one attached hydrogen (secondary N) is 2. The van der Waals surface area contributed by atoms with E-state index in [2.05, 4.69) is 54.5 Å². The third-order valence-corrected chi connectivity index (χ3v) is 2.23. The Morgan fingerprint density at radius 1 is 1.13 bits per heavy atom. The maximum Gasteiger partial charge on any atom is 0.0454 e. The normalized spacial score (nSPS) is 10.6. The van der Waals surface area contributed by atoms with Crippen LogP contribution in [0.4, 0.5) is 5.69 Å². The summed E-state index contributed by atoms with van der Waals surface area (Å²) in [5, 5.41) is 3.39. The van der Waals surface area contributed by atoms with Gasteiger partial charge in [0.2, 0.25) is 0 Å². The van der Waals surface area contributed by atoms with Gasteiger partial charge in [0, 0.05) is 23.6 Å². The Balaban J connectivity index is 2.27. The topological polar surface area (TPSA) is 27.8 Å². The Morgan fingerprint density at radius 3 is 2.67 bits per heavy atom. The van der Waals surface area contributed by atoms with Crippen LogP contribution >= 0.6 is 0 Å². The summed E-state index contributed by atoms with van der Waals surface area (Å²) in [5.74, 6) is 0. The molecule has 0 aliphatic heterocycles. The smallest absolute Gasteiger partial charge is 0.0454 e. The molecule has 0 unspecified atom stereocenters. The SMILES string of the molecule is CC(C)Nc1cccc(-c2ccc[nH]2)c1. The fourth-order valence-corrected chi connectivity index (χ4v) is 1.62. The van der Waals surface area contributed by atoms with Crippen molar-refractivity contribution in [2.45, 2.75) is 19.9 Å². The van der Waals surface area contributed by atoms with E-state index in [1.54, 1.807) is 0 Å². The lowest BCUT2D eigenvalue weighted by Crippen LogP contribution is -2.09. The summed E-state index contributed by atoms with van der Waals surface area (Å²) in [6.07, 6.45) is 1.94. The molecule has 2 nitrogen and oxygen atoms in total. The first kappa shape index (κ1) is 9.84. The molecule has 2 heteroatoms. The molecule has 2 N–H and O–H groups in total. The minimum Gasteiger partial charge on any atom is -0.383 e. The molecule has 0 aliphatic rings. The van der Waals surface area contributed by atoms with Gasteiger partial charge in [0.1, 0.15) is 0 Å². The number of rotatable bonds is 3. The molecule has 0 atom stereocenters. The number of aromatic amines is 1. The number of aromatic nitrogens is 1. The minimum absolute atomic E-state index is 0.462. The number of H-pyrrole nitrogens is 1. The Morgan fingerprint density at radius 2 is 2.00 bits per heavy atom. The van der Waals surface area contributed by atoms with E-state index in [0.717, 1.165) is 11.4 Å². The van der Waals surface area contributed by atoms with E-state index in [9.17, 15) is 0 Å². The molecule has 0 saturated carbocycles. The first-order valence-corrected chi connectivity index (χ1v) is 5.26. The van der Waals surface area contributed by atoms with E-state index < -0.39 is 0 Å². The molecule has 0 aliphatic carbocycles.